The van der Waals surface area contributed by atoms with Crippen LogP contribution < -0.4 is 5.32 Å². The monoisotopic (exact) mass is 224 g/mol. The molecule has 0 amide bonds. The van der Waals surface area contributed by atoms with E-state index in [2.05, 4.69) is 17.3 Å². The number of nitrogens with zero attached hydrogens (tertiary/aromatic N) is 1. The van der Waals surface area contributed by atoms with Crippen molar-refractivity contribution in [2.45, 2.75) is 31.8 Å². The molecule has 3 rings (SSSR count). The molecular weight excluding hydrogens is 200 g/mol. The standard InChI is InChI=1S/C13H24N2O/c1-15-6-2-10(3-7-15)11-8-14-9-13(4-5-13)12(11)16/h10-12,14,16H,2-9H2,1H3. The van der Waals surface area contributed by atoms with Gasteiger partial charge in [0.05, 0.1) is 6.10 Å². The second kappa shape index (κ2) is 3.97. The maximum atomic E-state index is 10.5. The van der Waals surface area contributed by atoms with Crippen LogP contribution in [0.4, 0.5) is 0 Å². The summed E-state index contributed by atoms with van der Waals surface area (Å²) >= 11 is 0. The van der Waals surface area contributed by atoms with Crippen molar-refractivity contribution < 1.29 is 5.11 Å². The van der Waals surface area contributed by atoms with E-state index in [4.69, 9.17) is 0 Å². The number of aliphatic hydroxyl groups is 1. The molecular formula is C13H24N2O. The predicted octanol–water partition coefficient (Wildman–Crippen LogP) is 0.689. The third kappa shape index (κ3) is 1.79. The van der Waals surface area contributed by atoms with Crippen LogP contribution in [0.1, 0.15) is 25.7 Å². The fourth-order valence-electron chi connectivity index (χ4n) is 3.67. The Kier molecular flexibility index (Phi) is 2.73. The zero-order valence-corrected chi connectivity index (χ0v) is 10.3. The number of piperidine rings is 2. The lowest BCUT2D eigenvalue weighted by Gasteiger charge is -2.42. The third-order valence-electron chi connectivity index (χ3n) is 5.15. The van der Waals surface area contributed by atoms with E-state index >= 15 is 0 Å². The van der Waals surface area contributed by atoms with Crippen molar-refractivity contribution in [3.8, 4) is 0 Å². The van der Waals surface area contributed by atoms with Crippen molar-refractivity contribution in [1.29, 1.82) is 0 Å². The highest BCUT2D eigenvalue weighted by atomic mass is 16.3. The minimum absolute atomic E-state index is 0.0258. The highest BCUT2D eigenvalue weighted by Crippen LogP contribution is 2.53. The van der Waals surface area contributed by atoms with Gasteiger partial charge in [-0.1, -0.05) is 0 Å². The van der Waals surface area contributed by atoms with Crippen LogP contribution in [0.2, 0.25) is 0 Å². The van der Waals surface area contributed by atoms with Gasteiger partial charge in [0.1, 0.15) is 0 Å². The zero-order valence-electron chi connectivity index (χ0n) is 10.3. The Bertz CT molecular complexity index is 257. The Morgan fingerprint density at radius 1 is 1.25 bits per heavy atom. The molecule has 2 aliphatic heterocycles. The molecule has 16 heavy (non-hydrogen) atoms. The topological polar surface area (TPSA) is 35.5 Å². The molecule has 2 unspecified atom stereocenters. The summed E-state index contributed by atoms with van der Waals surface area (Å²) in [5, 5.41) is 14.1. The Morgan fingerprint density at radius 3 is 2.56 bits per heavy atom. The first-order chi connectivity index (χ1) is 7.71. The Labute approximate surface area is 98.2 Å². The van der Waals surface area contributed by atoms with Crippen LogP contribution in [0.15, 0.2) is 0 Å². The lowest BCUT2D eigenvalue weighted by atomic mass is 9.74. The lowest BCUT2D eigenvalue weighted by Crippen LogP contribution is -2.52. The van der Waals surface area contributed by atoms with Gasteiger partial charge in [-0.2, -0.15) is 0 Å². The van der Waals surface area contributed by atoms with Gasteiger partial charge in [-0.3, -0.25) is 0 Å². The molecule has 0 bridgehead atoms. The van der Waals surface area contributed by atoms with E-state index in [9.17, 15) is 5.11 Å². The highest BCUT2D eigenvalue weighted by molar-refractivity contribution is 5.06. The normalized spacial score (nSPS) is 40.1. The van der Waals surface area contributed by atoms with Crippen LogP contribution in [-0.2, 0) is 0 Å². The molecule has 3 heteroatoms. The van der Waals surface area contributed by atoms with Crippen LogP contribution >= 0.6 is 0 Å². The van der Waals surface area contributed by atoms with Crippen molar-refractivity contribution in [1.82, 2.24) is 10.2 Å². The molecule has 3 nitrogen and oxygen atoms in total. The van der Waals surface area contributed by atoms with Crippen LogP contribution in [-0.4, -0.2) is 49.3 Å². The Balaban J connectivity index is 1.65. The minimum atomic E-state index is -0.0258. The van der Waals surface area contributed by atoms with Gasteiger partial charge in [0.25, 0.3) is 0 Å². The maximum absolute atomic E-state index is 10.5. The fraction of sp³-hybridized carbons (Fsp3) is 1.00. The van der Waals surface area contributed by atoms with Gasteiger partial charge in [-0.05, 0) is 51.7 Å². The van der Waals surface area contributed by atoms with E-state index in [0.717, 1.165) is 19.0 Å². The summed E-state index contributed by atoms with van der Waals surface area (Å²) in [4.78, 5) is 2.41. The van der Waals surface area contributed by atoms with Crippen molar-refractivity contribution in [2.75, 3.05) is 33.2 Å². The molecule has 0 aromatic rings. The van der Waals surface area contributed by atoms with Crippen molar-refractivity contribution >= 4 is 0 Å². The Morgan fingerprint density at radius 2 is 1.94 bits per heavy atom. The van der Waals surface area contributed by atoms with Crippen molar-refractivity contribution in [3.05, 3.63) is 0 Å². The molecule has 2 heterocycles. The van der Waals surface area contributed by atoms with E-state index in [0.29, 0.717) is 5.92 Å². The van der Waals surface area contributed by atoms with Gasteiger partial charge >= 0.3 is 0 Å². The summed E-state index contributed by atoms with van der Waals surface area (Å²) in [5.74, 6) is 1.27. The average Bonchev–Trinajstić information content (AvgIpc) is 3.05. The zero-order chi connectivity index (χ0) is 11.2. The highest BCUT2D eigenvalue weighted by Gasteiger charge is 2.54. The summed E-state index contributed by atoms with van der Waals surface area (Å²) in [6, 6.07) is 0. The van der Waals surface area contributed by atoms with Gasteiger partial charge < -0.3 is 15.3 Å². The fourth-order valence-corrected chi connectivity index (χ4v) is 3.67. The van der Waals surface area contributed by atoms with Gasteiger partial charge in [0.2, 0.25) is 0 Å². The molecule has 1 spiro atoms. The molecule has 3 fully saturated rings. The minimum Gasteiger partial charge on any atom is -0.392 e. The molecule has 0 aromatic heterocycles. The van der Waals surface area contributed by atoms with Crippen LogP contribution in [0.5, 0.6) is 0 Å². The number of aliphatic hydroxyl groups excluding tert-OH is 1. The van der Waals surface area contributed by atoms with E-state index < -0.39 is 0 Å². The largest absolute Gasteiger partial charge is 0.392 e. The number of hydrogen-bond donors (Lipinski definition) is 2. The second-order valence-electron chi connectivity index (χ2n) is 6.24. The van der Waals surface area contributed by atoms with Gasteiger partial charge in [0, 0.05) is 24.4 Å². The van der Waals surface area contributed by atoms with E-state index in [1.54, 1.807) is 0 Å². The summed E-state index contributed by atoms with van der Waals surface area (Å²) < 4.78 is 0. The van der Waals surface area contributed by atoms with Crippen LogP contribution in [0, 0.1) is 17.3 Å². The smallest absolute Gasteiger partial charge is 0.0651 e. The first-order valence-electron chi connectivity index (χ1n) is 6.79. The predicted molar refractivity (Wildman–Crippen MR) is 64.3 cm³/mol. The number of likely N-dealkylation sites (tertiary alicyclic amines) is 1. The summed E-state index contributed by atoms with van der Waals surface area (Å²) in [6.45, 7) is 4.51. The molecule has 2 saturated heterocycles. The molecule has 92 valence electrons. The lowest BCUT2D eigenvalue weighted by molar-refractivity contribution is -0.0233. The van der Waals surface area contributed by atoms with E-state index in [1.807, 2.05) is 0 Å². The average molecular weight is 224 g/mol. The number of hydrogen-bond acceptors (Lipinski definition) is 3. The van der Waals surface area contributed by atoms with E-state index in [1.165, 1.54) is 38.8 Å². The Hall–Kier alpha value is -0.120. The molecule has 0 aromatic carbocycles. The molecule has 1 saturated carbocycles. The third-order valence-corrected chi connectivity index (χ3v) is 5.15. The van der Waals surface area contributed by atoms with Crippen molar-refractivity contribution in [3.63, 3.8) is 0 Å². The van der Waals surface area contributed by atoms with Crippen LogP contribution in [0.3, 0.4) is 0 Å². The molecule has 3 aliphatic rings. The summed E-state index contributed by atoms with van der Waals surface area (Å²) in [5.41, 5.74) is 0.284. The molecule has 0 radical (unpaired) electrons. The van der Waals surface area contributed by atoms with E-state index in [-0.39, 0.29) is 11.5 Å². The van der Waals surface area contributed by atoms with Gasteiger partial charge in [-0.15, -0.1) is 0 Å². The molecule has 2 N–H and O–H groups in total. The maximum Gasteiger partial charge on any atom is 0.0651 e. The van der Waals surface area contributed by atoms with Crippen LogP contribution in [0.25, 0.3) is 0 Å². The summed E-state index contributed by atoms with van der Waals surface area (Å²) in [6.07, 6.45) is 5.00. The number of rotatable bonds is 1. The first kappa shape index (κ1) is 11.0. The second-order valence-corrected chi connectivity index (χ2v) is 6.24. The van der Waals surface area contributed by atoms with Gasteiger partial charge in [0.15, 0.2) is 0 Å². The number of nitrogens with one attached hydrogen (secondary N) is 1. The quantitative estimate of drug-likeness (QED) is 0.688. The van der Waals surface area contributed by atoms with Crippen molar-refractivity contribution in [2.24, 2.45) is 17.3 Å². The SMILES string of the molecule is CN1CCC(C2CNCC3(CC3)C2O)CC1. The van der Waals surface area contributed by atoms with Gasteiger partial charge in [-0.25, -0.2) is 0 Å². The molecule has 1 aliphatic carbocycles. The first-order valence-corrected chi connectivity index (χ1v) is 6.79. The molecule has 2 atom stereocenters. The summed E-state index contributed by atoms with van der Waals surface area (Å²) in [7, 11) is 2.20.